The summed E-state index contributed by atoms with van der Waals surface area (Å²) in [6.45, 7) is 0. The minimum atomic E-state index is -0.561. The van der Waals surface area contributed by atoms with Gasteiger partial charge in [-0.25, -0.2) is 0 Å². The first-order valence-corrected chi connectivity index (χ1v) is 7.48. The van der Waals surface area contributed by atoms with E-state index >= 15 is 0 Å². The van der Waals surface area contributed by atoms with Crippen LogP contribution in [0.2, 0.25) is 5.02 Å². The predicted molar refractivity (Wildman–Crippen MR) is 95.2 cm³/mol. The summed E-state index contributed by atoms with van der Waals surface area (Å²) in [5, 5.41) is 16.8. The molecular weight excluding hydrogens is 350 g/mol. The number of anilines is 2. The lowest BCUT2D eigenvalue weighted by molar-refractivity contribution is -0.384. The van der Waals surface area contributed by atoms with Crippen LogP contribution in [0.15, 0.2) is 30.3 Å². The van der Waals surface area contributed by atoms with E-state index in [2.05, 4.69) is 10.6 Å². The number of nitro benzene ring substituents is 1. The molecule has 2 aromatic rings. The normalized spacial score (nSPS) is 10.1. The minimum absolute atomic E-state index is 0.127. The molecule has 0 bridgehead atoms. The van der Waals surface area contributed by atoms with Gasteiger partial charge in [-0.05, 0) is 12.1 Å². The second-order valence-corrected chi connectivity index (χ2v) is 5.29. The average Bonchev–Trinajstić information content (AvgIpc) is 2.61. The zero-order valence-electron chi connectivity index (χ0n) is 13.8. The van der Waals surface area contributed by atoms with Crippen LogP contribution in [0.1, 0.15) is 10.4 Å². The number of halogens is 1. The molecule has 1 amide bonds. The number of amides is 1. The van der Waals surface area contributed by atoms with Gasteiger partial charge in [-0.1, -0.05) is 11.6 Å². The maximum Gasteiger partial charge on any atom is 0.293 e. The van der Waals surface area contributed by atoms with E-state index in [9.17, 15) is 14.9 Å². The largest absolute Gasteiger partial charge is 0.495 e. The molecule has 0 radical (unpaired) electrons. The zero-order chi connectivity index (χ0) is 18.6. The monoisotopic (exact) mass is 365 g/mol. The van der Waals surface area contributed by atoms with Crippen molar-refractivity contribution >= 4 is 34.6 Å². The molecule has 132 valence electrons. The van der Waals surface area contributed by atoms with E-state index in [1.54, 1.807) is 7.05 Å². The summed E-state index contributed by atoms with van der Waals surface area (Å²) in [7, 11) is 4.44. The number of methoxy groups -OCH3 is 2. The number of hydrogen-bond donors (Lipinski definition) is 2. The third-order valence-corrected chi connectivity index (χ3v) is 3.74. The van der Waals surface area contributed by atoms with Crippen LogP contribution in [0, 0.1) is 10.1 Å². The second kappa shape index (κ2) is 7.71. The molecule has 0 aliphatic carbocycles. The van der Waals surface area contributed by atoms with Crippen molar-refractivity contribution in [1.29, 1.82) is 0 Å². The molecular formula is C16H16ClN3O5. The number of carbonyl (C=O) groups excluding carboxylic acids is 1. The molecule has 0 saturated carbocycles. The Balaban J connectivity index is 2.37. The third-order valence-electron chi connectivity index (χ3n) is 3.45. The second-order valence-electron chi connectivity index (χ2n) is 4.88. The lowest BCUT2D eigenvalue weighted by Gasteiger charge is -2.13. The zero-order valence-corrected chi connectivity index (χ0v) is 14.5. The molecule has 0 aliphatic heterocycles. The fourth-order valence-electron chi connectivity index (χ4n) is 2.19. The smallest absolute Gasteiger partial charge is 0.293 e. The highest BCUT2D eigenvalue weighted by Crippen LogP contribution is 2.36. The molecule has 0 heterocycles. The Morgan fingerprint density at radius 2 is 1.80 bits per heavy atom. The molecule has 0 aromatic heterocycles. The molecule has 8 nitrogen and oxygen atoms in total. The highest BCUT2D eigenvalue weighted by molar-refractivity contribution is 6.32. The first kappa shape index (κ1) is 18.3. The number of nitrogens with zero attached hydrogens (tertiary/aromatic N) is 1. The Morgan fingerprint density at radius 1 is 1.12 bits per heavy atom. The number of ether oxygens (including phenoxy) is 2. The summed E-state index contributed by atoms with van der Waals surface area (Å²) in [5.41, 5.74) is 0.568. The van der Waals surface area contributed by atoms with Gasteiger partial charge < -0.3 is 20.1 Å². The van der Waals surface area contributed by atoms with E-state index in [4.69, 9.17) is 21.1 Å². The van der Waals surface area contributed by atoms with Crippen LogP contribution in [0.4, 0.5) is 17.1 Å². The average molecular weight is 366 g/mol. The van der Waals surface area contributed by atoms with E-state index in [-0.39, 0.29) is 11.3 Å². The van der Waals surface area contributed by atoms with Crippen molar-refractivity contribution in [3.8, 4) is 11.5 Å². The highest BCUT2D eigenvalue weighted by Gasteiger charge is 2.18. The standard InChI is InChI=1S/C16H16ClN3O5/c1-18-11-5-4-9(6-13(11)20(22)23)16(21)19-12-8-14(24-2)10(17)7-15(12)25-3/h4-8,18H,1-3H3,(H,19,21). The Hall–Kier alpha value is -3.00. The molecule has 2 N–H and O–H groups in total. The van der Waals surface area contributed by atoms with Crippen LogP contribution < -0.4 is 20.1 Å². The van der Waals surface area contributed by atoms with Crippen molar-refractivity contribution in [1.82, 2.24) is 0 Å². The van der Waals surface area contributed by atoms with Crippen molar-refractivity contribution in [2.75, 3.05) is 31.9 Å². The van der Waals surface area contributed by atoms with Crippen LogP contribution in [-0.2, 0) is 0 Å². The van der Waals surface area contributed by atoms with E-state index in [0.29, 0.717) is 27.9 Å². The van der Waals surface area contributed by atoms with Crippen LogP contribution in [0.25, 0.3) is 0 Å². The van der Waals surface area contributed by atoms with E-state index in [1.807, 2.05) is 0 Å². The third kappa shape index (κ3) is 3.92. The fourth-order valence-corrected chi connectivity index (χ4v) is 2.42. The van der Waals surface area contributed by atoms with E-state index in [1.165, 1.54) is 44.6 Å². The van der Waals surface area contributed by atoms with Gasteiger partial charge in [-0.15, -0.1) is 0 Å². The van der Waals surface area contributed by atoms with Gasteiger partial charge in [0.15, 0.2) is 0 Å². The maximum atomic E-state index is 12.5. The Kier molecular flexibility index (Phi) is 5.66. The van der Waals surface area contributed by atoms with Gasteiger partial charge in [0.1, 0.15) is 17.2 Å². The molecule has 0 spiro atoms. The fraction of sp³-hybridized carbons (Fsp3) is 0.188. The SMILES string of the molecule is CNc1ccc(C(=O)Nc2cc(OC)c(Cl)cc2OC)cc1[N+](=O)[O-]. The lowest BCUT2D eigenvalue weighted by atomic mass is 10.1. The summed E-state index contributed by atoms with van der Waals surface area (Å²) in [6, 6.07) is 7.15. The first-order valence-electron chi connectivity index (χ1n) is 7.10. The van der Waals surface area contributed by atoms with Crippen LogP contribution in [0.5, 0.6) is 11.5 Å². The number of carbonyl (C=O) groups is 1. The summed E-state index contributed by atoms with van der Waals surface area (Å²) in [4.78, 5) is 23.0. The number of rotatable bonds is 6. The van der Waals surface area contributed by atoms with Gasteiger partial charge >= 0.3 is 0 Å². The summed E-state index contributed by atoms with van der Waals surface area (Å²) in [5.74, 6) is 0.156. The van der Waals surface area contributed by atoms with Crippen molar-refractivity contribution < 1.29 is 19.2 Å². The Morgan fingerprint density at radius 3 is 2.36 bits per heavy atom. The van der Waals surface area contributed by atoms with Gasteiger partial charge in [-0.2, -0.15) is 0 Å². The molecule has 0 unspecified atom stereocenters. The van der Waals surface area contributed by atoms with Crippen LogP contribution >= 0.6 is 11.6 Å². The molecule has 2 aromatic carbocycles. The molecule has 0 aliphatic rings. The predicted octanol–water partition coefficient (Wildman–Crippen LogP) is 3.56. The summed E-state index contributed by atoms with van der Waals surface area (Å²) >= 11 is 6.02. The van der Waals surface area contributed by atoms with Crippen molar-refractivity contribution in [3.05, 3.63) is 51.0 Å². The van der Waals surface area contributed by atoms with Crippen molar-refractivity contribution in [2.45, 2.75) is 0 Å². The number of nitrogens with one attached hydrogen (secondary N) is 2. The topological polar surface area (TPSA) is 103 Å². The van der Waals surface area contributed by atoms with Gasteiger partial charge in [0, 0.05) is 30.8 Å². The van der Waals surface area contributed by atoms with E-state index in [0.717, 1.165) is 0 Å². The van der Waals surface area contributed by atoms with Gasteiger partial charge in [0.25, 0.3) is 11.6 Å². The Bertz CT molecular complexity index is 826. The van der Waals surface area contributed by atoms with Crippen molar-refractivity contribution in [3.63, 3.8) is 0 Å². The molecule has 25 heavy (non-hydrogen) atoms. The number of nitro groups is 1. The number of hydrogen-bond acceptors (Lipinski definition) is 6. The molecule has 2 rings (SSSR count). The highest BCUT2D eigenvalue weighted by atomic mass is 35.5. The van der Waals surface area contributed by atoms with Crippen LogP contribution in [-0.4, -0.2) is 32.1 Å². The van der Waals surface area contributed by atoms with Crippen LogP contribution in [0.3, 0.4) is 0 Å². The van der Waals surface area contributed by atoms with E-state index < -0.39 is 10.8 Å². The molecule has 9 heteroatoms. The number of benzene rings is 2. The summed E-state index contributed by atoms with van der Waals surface area (Å²) in [6.07, 6.45) is 0. The maximum absolute atomic E-state index is 12.5. The summed E-state index contributed by atoms with van der Waals surface area (Å²) < 4.78 is 10.3. The molecule has 0 saturated heterocycles. The quantitative estimate of drug-likeness (QED) is 0.599. The van der Waals surface area contributed by atoms with Gasteiger partial charge in [0.2, 0.25) is 0 Å². The minimum Gasteiger partial charge on any atom is -0.495 e. The Labute approximate surface area is 148 Å². The molecule has 0 fully saturated rings. The lowest BCUT2D eigenvalue weighted by Crippen LogP contribution is -2.13. The molecule has 0 atom stereocenters. The van der Waals surface area contributed by atoms with Gasteiger partial charge in [-0.3, -0.25) is 14.9 Å². The van der Waals surface area contributed by atoms with Gasteiger partial charge in [0.05, 0.1) is 29.9 Å². The van der Waals surface area contributed by atoms with Crippen molar-refractivity contribution in [2.24, 2.45) is 0 Å². The first-order chi connectivity index (χ1) is 11.9.